The Labute approximate surface area is 78.9 Å². The van der Waals surface area contributed by atoms with Gasteiger partial charge in [-0.1, -0.05) is 18.2 Å². The summed E-state index contributed by atoms with van der Waals surface area (Å²) in [6, 6.07) is 9.70. The topological polar surface area (TPSA) is 41.6 Å². The largest absolute Gasteiger partial charge is 0.369 e. The number of benzene rings is 1. The highest BCUT2D eigenvalue weighted by atomic mass is 15.2. The molecule has 0 heterocycles. The zero-order chi connectivity index (χ0) is 9.68. The standard InChI is InChI=1S/C10H15N3/c1-3-13(2)10(11)12-9-7-5-4-6-8-9/h4-8H,3H2,1-2H3,(H2,11,12). The van der Waals surface area contributed by atoms with Crippen LogP contribution < -0.4 is 5.73 Å². The van der Waals surface area contributed by atoms with Crippen LogP contribution in [0.4, 0.5) is 5.69 Å². The molecule has 0 aromatic heterocycles. The highest BCUT2D eigenvalue weighted by molar-refractivity contribution is 5.80. The highest BCUT2D eigenvalue weighted by Gasteiger charge is 1.97. The molecule has 3 heteroatoms. The summed E-state index contributed by atoms with van der Waals surface area (Å²) in [7, 11) is 1.92. The lowest BCUT2D eigenvalue weighted by atomic mass is 10.3. The lowest BCUT2D eigenvalue weighted by Gasteiger charge is -2.14. The number of nitrogens with two attached hydrogens (primary N) is 1. The Morgan fingerprint density at radius 1 is 1.38 bits per heavy atom. The predicted octanol–water partition coefficient (Wildman–Crippen LogP) is 1.58. The summed E-state index contributed by atoms with van der Waals surface area (Å²) in [5, 5.41) is 0. The fourth-order valence-corrected chi connectivity index (χ4v) is 0.882. The summed E-state index contributed by atoms with van der Waals surface area (Å²) in [6.45, 7) is 2.90. The van der Waals surface area contributed by atoms with Crippen molar-refractivity contribution in [1.29, 1.82) is 0 Å². The Bertz CT molecular complexity index is 279. The molecule has 2 N–H and O–H groups in total. The summed E-state index contributed by atoms with van der Waals surface area (Å²) < 4.78 is 0. The van der Waals surface area contributed by atoms with Crippen molar-refractivity contribution in [2.75, 3.05) is 13.6 Å². The van der Waals surface area contributed by atoms with E-state index in [-0.39, 0.29) is 0 Å². The molecule has 0 fully saturated rings. The molecule has 3 nitrogen and oxygen atoms in total. The van der Waals surface area contributed by atoms with Crippen LogP contribution in [0, 0.1) is 0 Å². The second-order valence-electron chi connectivity index (χ2n) is 2.82. The molecule has 0 saturated heterocycles. The van der Waals surface area contributed by atoms with Crippen molar-refractivity contribution in [3.8, 4) is 0 Å². The van der Waals surface area contributed by atoms with Crippen LogP contribution in [-0.4, -0.2) is 24.5 Å². The number of hydrogen-bond donors (Lipinski definition) is 1. The van der Waals surface area contributed by atoms with E-state index >= 15 is 0 Å². The second-order valence-corrected chi connectivity index (χ2v) is 2.82. The highest BCUT2D eigenvalue weighted by Crippen LogP contribution is 2.09. The molecular weight excluding hydrogens is 162 g/mol. The lowest BCUT2D eigenvalue weighted by molar-refractivity contribution is 0.529. The molecule has 0 aliphatic rings. The SMILES string of the molecule is CCN(C)C(N)=Nc1ccccc1. The van der Waals surface area contributed by atoms with Crippen LogP contribution in [-0.2, 0) is 0 Å². The molecule has 0 atom stereocenters. The maximum atomic E-state index is 5.74. The third-order valence-electron chi connectivity index (χ3n) is 1.87. The molecule has 70 valence electrons. The van der Waals surface area contributed by atoms with Gasteiger partial charge in [-0.2, -0.15) is 0 Å². The summed E-state index contributed by atoms with van der Waals surface area (Å²) in [4.78, 5) is 6.15. The Hall–Kier alpha value is -1.51. The Morgan fingerprint density at radius 2 is 2.00 bits per heavy atom. The quantitative estimate of drug-likeness (QED) is 0.550. The Balaban J connectivity index is 2.77. The van der Waals surface area contributed by atoms with E-state index in [0.717, 1.165) is 12.2 Å². The van der Waals surface area contributed by atoms with E-state index < -0.39 is 0 Å². The normalized spacial score (nSPS) is 11.4. The average molecular weight is 177 g/mol. The third kappa shape index (κ3) is 2.78. The van der Waals surface area contributed by atoms with Gasteiger partial charge < -0.3 is 10.6 Å². The molecule has 0 unspecified atom stereocenters. The van der Waals surface area contributed by atoms with Crippen LogP contribution in [0.2, 0.25) is 0 Å². The molecule has 0 radical (unpaired) electrons. The Kier molecular flexibility index (Phi) is 3.31. The van der Waals surface area contributed by atoms with E-state index in [2.05, 4.69) is 4.99 Å². The van der Waals surface area contributed by atoms with E-state index in [1.54, 1.807) is 0 Å². The first-order valence-electron chi connectivity index (χ1n) is 4.34. The van der Waals surface area contributed by atoms with Crippen LogP contribution in [0.5, 0.6) is 0 Å². The maximum absolute atomic E-state index is 5.74. The fourth-order valence-electron chi connectivity index (χ4n) is 0.882. The molecule has 0 bridgehead atoms. The van der Waals surface area contributed by atoms with Crippen molar-refractivity contribution in [2.24, 2.45) is 10.7 Å². The van der Waals surface area contributed by atoms with E-state index in [1.807, 2.05) is 49.2 Å². The van der Waals surface area contributed by atoms with Crippen molar-refractivity contribution in [1.82, 2.24) is 4.90 Å². The molecule has 0 spiro atoms. The van der Waals surface area contributed by atoms with Gasteiger partial charge in [0, 0.05) is 13.6 Å². The first-order chi connectivity index (χ1) is 6.24. The van der Waals surface area contributed by atoms with Gasteiger partial charge in [0.2, 0.25) is 0 Å². The molecule has 1 rings (SSSR count). The molecule has 1 aromatic rings. The van der Waals surface area contributed by atoms with E-state index in [1.165, 1.54) is 0 Å². The Morgan fingerprint density at radius 3 is 2.54 bits per heavy atom. The lowest BCUT2D eigenvalue weighted by Crippen LogP contribution is -2.33. The van der Waals surface area contributed by atoms with Crippen LogP contribution in [0.25, 0.3) is 0 Å². The van der Waals surface area contributed by atoms with Gasteiger partial charge in [-0.25, -0.2) is 4.99 Å². The molecule has 0 aliphatic heterocycles. The number of nitrogens with zero attached hydrogens (tertiary/aromatic N) is 2. The van der Waals surface area contributed by atoms with Gasteiger partial charge in [0.1, 0.15) is 0 Å². The van der Waals surface area contributed by atoms with E-state index in [0.29, 0.717) is 5.96 Å². The molecule has 0 saturated carbocycles. The van der Waals surface area contributed by atoms with Gasteiger partial charge in [-0.05, 0) is 19.1 Å². The third-order valence-corrected chi connectivity index (χ3v) is 1.87. The van der Waals surface area contributed by atoms with Gasteiger partial charge in [-0.15, -0.1) is 0 Å². The molecule has 0 amide bonds. The van der Waals surface area contributed by atoms with Gasteiger partial charge in [-0.3, -0.25) is 0 Å². The van der Waals surface area contributed by atoms with Gasteiger partial charge in [0.15, 0.2) is 5.96 Å². The first kappa shape index (κ1) is 9.58. The first-order valence-corrected chi connectivity index (χ1v) is 4.34. The van der Waals surface area contributed by atoms with Crippen molar-refractivity contribution in [3.05, 3.63) is 30.3 Å². The van der Waals surface area contributed by atoms with E-state index in [4.69, 9.17) is 5.73 Å². The molecular formula is C10H15N3. The van der Waals surface area contributed by atoms with Crippen molar-refractivity contribution >= 4 is 11.6 Å². The number of hydrogen-bond acceptors (Lipinski definition) is 1. The minimum absolute atomic E-state index is 0.550. The van der Waals surface area contributed by atoms with Crippen LogP contribution in [0.15, 0.2) is 35.3 Å². The van der Waals surface area contributed by atoms with Gasteiger partial charge in [0.05, 0.1) is 5.69 Å². The monoisotopic (exact) mass is 177 g/mol. The van der Waals surface area contributed by atoms with Crippen molar-refractivity contribution in [3.63, 3.8) is 0 Å². The smallest absolute Gasteiger partial charge is 0.196 e. The summed E-state index contributed by atoms with van der Waals surface area (Å²) in [5.74, 6) is 0.550. The van der Waals surface area contributed by atoms with Crippen molar-refractivity contribution in [2.45, 2.75) is 6.92 Å². The van der Waals surface area contributed by atoms with Crippen LogP contribution in [0.3, 0.4) is 0 Å². The van der Waals surface area contributed by atoms with Gasteiger partial charge >= 0.3 is 0 Å². The zero-order valence-corrected chi connectivity index (χ0v) is 8.07. The zero-order valence-electron chi connectivity index (χ0n) is 8.07. The number of rotatable bonds is 2. The minimum atomic E-state index is 0.550. The summed E-state index contributed by atoms with van der Waals surface area (Å²) in [5.41, 5.74) is 6.62. The average Bonchev–Trinajstić information content (AvgIpc) is 2.18. The second kappa shape index (κ2) is 4.50. The number of para-hydroxylation sites is 1. The summed E-state index contributed by atoms with van der Waals surface area (Å²) in [6.07, 6.45) is 0. The number of guanidine groups is 1. The van der Waals surface area contributed by atoms with Gasteiger partial charge in [0.25, 0.3) is 0 Å². The summed E-state index contributed by atoms with van der Waals surface area (Å²) >= 11 is 0. The molecule has 1 aromatic carbocycles. The predicted molar refractivity (Wildman–Crippen MR) is 56.0 cm³/mol. The van der Waals surface area contributed by atoms with Crippen molar-refractivity contribution < 1.29 is 0 Å². The van der Waals surface area contributed by atoms with E-state index in [9.17, 15) is 0 Å². The fraction of sp³-hybridized carbons (Fsp3) is 0.300. The number of aliphatic imine (C=N–C) groups is 1. The van der Waals surface area contributed by atoms with Crippen LogP contribution >= 0.6 is 0 Å². The van der Waals surface area contributed by atoms with Crippen LogP contribution in [0.1, 0.15) is 6.92 Å². The maximum Gasteiger partial charge on any atom is 0.196 e. The molecule has 13 heavy (non-hydrogen) atoms. The minimum Gasteiger partial charge on any atom is -0.369 e. The molecule has 0 aliphatic carbocycles.